The van der Waals surface area contributed by atoms with Crippen LogP contribution in [0.1, 0.15) is 11.1 Å². The van der Waals surface area contributed by atoms with Crippen LogP contribution in [0.3, 0.4) is 0 Å². The lowest BCUT2D eigenvalue weighted by Gasteiger charge is -2.27. The van der Waals surface area contributed by atoms with E-state index in [2.05, 4.69) is 44.7 Å². The van der Waals surface area contributed by atoms with Crippen molar-refractivity contribution in [1.29, 1.82) is 0 Å². The van der Waals surface area contributed by atoms with E-state index in [-0.39, 0.29) is 0 Å². The molecule has 2 aromatic carbocycles. The first-order valence-corrected chi connectivity index (χ1v) is 8.89. The number of hydrogen-bond donors (Lipinski definition) is 1. The van der Waals surface area contributed by atoms with E-state index in [0.29, 0.717) is 5.82 Å². The highest BCUT2D eigenvalue weighted by molar-refractivity contribution is 6.13. The highest BCUT2D eigenvalue weighted by Crippen LogP contribution is 2.18. The summed E-state index contributed by atoms with van der Waals surface area (Å²) in [6.45, 7) is 3.87. The predicted molar refractivity (Wildman–Crippen MR) is 105 cm³/mol. The van der Waals surface area contributed by atoms with Crippen LogP contribution in [0, 0.1) is 0 Å². The van der Waals surface area contributed by atoms with Crippen LogP contribution in [0.4, 0.5) is 11.6 Å². The van der Waals surface area contributed by atoms with Crippen molar-refractivity contribution in [1.82, 2.24) is 15.5 Å². The minimum atomic E-state index is 0.617. The first-order valence-electron chi connectivity index (χ1n) is 8.89. The van der Waals surface area contributed by atoms with Crippen LogP contribution in [0.5, 0.6) is 0 Å². The zero-order chi connectivity index (χ0) is 17.6. The molecule has 5 nitrogen and oxygen atoms in total. The summed E-state index contributed by atoms with van der Waals surface area (Å²) in [6, 6.07) is 24.3. The van der Waals surface area contributed by atoms with Gasteiger partial charge in [-0.05, 0) is 12.1 Å². The number of benzene rings is 2. The summed E-state index contributed by atoms with van der Waals surface area (Å²) in [5, 5.41) is 12.1. The number of hydrogen-bond acceptors (Lipinski definition) is 5. The third-order valence-electron chi connectivity index (χ3n) is 4.40. The summed E-state index contributed by atoms with van der Waals surface area (Å²) in [6.07, 6.45) is 0. The average molecular weight is 343 g/mol. The molecule has 0 spiro atoms. The molecule has 5 heteroatoms. The van der Waals surface area contributed by atoms with Gasteiger partial charge in [0.15, 0.2) is 11.6 Å². The van der Waals surface area contributed by atoms with Crippen LogP contribution in [-0.4, -0.2) is 42.1 Å². The standard InChI is InChI=1S/C21H21N5/c1-3-7-17(8-4-1)21(18-9-5-2-6-10-18)23-19-11-12-20(25-24-19)26-15-13-22-14-16-26/h1-12,22H,13-16H2. The van der Waals surface area contributed by atoms with Crippen molar-refractivity contribution in [3.05, 3.63) is 83.9 Å². The van der Waals surface area contributed by atoms with Gasteiger partial charge in [-0.1, -0.05) is 60.7 Å². The Labute approximate surface area is 153 Å². The molecule has 0 atom stereocenters. The molecule has 26 heavy (non-hydrogen) atoms. The molecule has 3 aromatic rings. The number of anilines is 1. The van der Waals surface area contributed by atoms with Gasteiger partial charge < -0.3 is 10.2 Å². The maximum absolute atomic E-state index is 4.80. The molecular formula is C21H21N5. The molecular weight excluding hydrogens is 322 g/mol. The lowest BCUT2D eigenvalue weighted by Crippen LogP contribution is -2.43. The van der Waals surface area contributed by atoms with Gasteiger partial charge in [0.1, 0.15) is 0 Å². The minimum absolute atomic E-state index is 0.617. The Hall–Kier alpha value is -3.05. The Kier molecular flexibility index (Phi) is 4.98. The Morgan fingerprint density at radius 1 is 0.769 bits per heavy atom. The van der Waals surface area contributed by atoms with Gasteiger partial charge >= 0.3 is 0 Å². The van der Waals surface area contributed by atoms with Crippen molar-refractivity contribution in [3.8, 4) is 0 Å². The molecule has 1 aliphatic rings. The van der Waals surface area contributed by atoms with Crippen molar-refractivity contribution >= 4 is 17.3 Å². The Bertz CT molecular complexity index is 812. The molecule has 130 valence electrons. The summed E-state index contributed by atoms with van der Waals surface area (Å²) < 4.78 is 0. The van der Waals surface area contributed by atoms with Crippen LogP contribution in [0.25, 0.3) is 0 Å². The highest BCUT2D eigenvalue weighted by Gasteiger charge is 2.12. The first-order chi connectivity index (χ1) is 12.9. The van der Waals surface area contributed by atoms with E-state index in [0.717, 1.165) is 48.8 Å². The van der Waals surface area contributed by atoms with Gasteiger partial charge in [0, 0.05) is 37.3 Å². The van der Waals surface area contributed by atoms with Gasteiger partial charge in [-0.3, -0.25) is 0 Å². The lowest BCUT2D eigenvalue weighted by molar-refractivity contribution is 0.583. The lowest BCUT2D eigenvalue weighted by atomic mass is 10.0. The van der Waals surface area contributed by atoms with E-state index in [1.165, 1.54) is 0 Å². The van der Waals surface area contributed by atoms with Crippen LogP contribution in [-0.2, 0) is 0 Å². The molecule has 0 amide bonds. The van der Waals surface area contributed by atoms with Crippen molar-refractivity contribution < 1.29 is 0 Å². The van der Waals surface area contributed by atoms with Crippen LogP contribution in [0.2, 0.25) is 0 Å². The zero-order valence-electron chi connectivity index (χ0n) is 14.5. The predicted octanol–water partition coefficient (Wildman–Crippen LogP) is 3.06. The van der Waals surface area contributed by atoms with Gasteiger partial charge in [-0.2, -0.15) is 0 Å². The molecule has 0 unspecified atom stereocenters. The molecule has 2 heterocycles. The SMILES string of the molecule is c1ccc(C(=Nc2ccc(N3CCNCC3)nn2)c2ccccc2)cc1. The van der Waals surface area contributed by atoms with E-state index in [1.807, 2.05) is 48.5 Å². The molecule has 1 aromatic heterocycles. The Morgan fingerprint density at radius 2 is 1.38 bits per heavy atom. The van der Waals surface area contributed by atoms with E-state index in [4.69, 9.17) is 4.99 Å². The number of piperazine rings is 1. The molecule has 1 aliphatic heterocycles. The molecule has 4 rings (SSSR count). The normalized spacial score (nSPS) is 14.1. The van der Waals surface area contributed by atoms with Crippen LogP contribution >= 0.6 is 0 Å². The second-order valence-corrected chi connectivity index (χ2v) is 6.18. The van der Waals surface area contributed by atoms with Crippen molar-refractivity contribution in [2.24, 2.45) is 4.99 Å². The Balaban J connectivity index is 1.66. The fraction of sp³-hybridized carbons (Fsp3) is 0.190. The van der Waals surface area contributed by atoms with Gasteiger partial charge in [0.25, 0.3) is 0 Å². The smallest absolute Gasteiger partial charge is 0.175 e. The quantitative estimate of drug-likeness (QED) is 0.740. The fourth-order valence-electron chi connectivity index (χ4n) is 3.04. The number of aromatic nitrogens is 2. The minimum Gasteiger partial charge on any atom is -0.353 e. The molecule has 0 saturated carbocycles. The molecule has 1 N–H and O–H groups in total. The highest BCUT2D eigenvalue weighted by atomic mass is 15.3. The maximum Gasteiger partial charge on any atom is 0.175 e. The summed E-state index contributed by atoms with van der Waals surface area (Å²) >= 11 is 0. The maximum atomic E-state index is 4.80. The van der Waals surface area contributed by atoms with Crippen molar-refractivity contribution in [2.45, 2.75) is 0 Å². The topological polar surface area (TPSA) is 53.4 Å². The first kappa shape index (κ1) is 16.4. The third kappa shape index (κ3) is 3.78. The second-order valence-electron chi connectivity index (χ2n) is 6.18. The number of aliphatic imine (C=N–C) groups is 1. The number of nitrogens with zero attached hydrogens (tertiary/aromatic N) is 4. The molecule has 1 fully saturated rings. The van der Waals surface area contributed by atoms with E-state index in [1.54, 1.807) is 0 Å². The summed E-state index contributed by atoms with van der Waals surface area (Å²) in [7, 11) is 0. The summed E-state index contributed by atoms with van der Waals surface area (Å²) in [5.74, 6) is 1.53. The monoisotopic (exact) mass is 343 g/mol. The van der Waals surface area contributed by atoms with Gasteiger partial charge in [-0.25, -0.2) is 4.99 Å². The largest absolute Gasteiger partial charge is 0.353 e. The van der Waals surface area contributed by atoms with Crippen molar-refractivity contribution in [2.75, 3.05) is 31.1 Å². The molecule has 0 aliphatic carbocycles. The summed E-state index contributed by atoms with van der Waals surface area (Å²) in [5.41, 5.74) is 3.02. The number of rotatable bonds is 4. The van der Waals surface area contributed by atoms with E-state index >= 15 is 0 Å². The second kappa shape index (κ2) is 7.89. The number of nitrogens with one attached hydrogen (secondary N) is 1. The zero-order valence-corrected chi connectivity index (χ0v) is 14.5. The fourth-order valence-corrected chi connectivity index (χ4v) is 3.04. The molecule has 0 bridgehead atoms. The van der Waals surface area contributed by atoms with Gasteiger partial charge in [0.05, 0.1) is 5.71 Å². The average Bonchev–Trinajstić information content (AvgIpc) is 2.74. The molecule has 1 saturated heterocycles. The molecule has 0 radical (unpaired) electrons. The van der Waals surface area contributed by atoms with E-state index in [9.17, 15) is 0 Å². The van der Waals surface area contributed by atoms with Gasteiger partial charge in [0.2, 0.25) is 0 Å². The van der Waals surface area contributed by atoms with E-state index < -0.39 is 0 Å². The summed E-state index contributed by atoms with van der Waals surface area (Å²) in [4.78, 5) is 7.04. The third-order valence-corrected chi connectivity index (χ3v) is 4.40. The van der Waals surface area contributed by atoms with Crippen LogP contribution < -0.4 is 10.2 Å². The van der Waals surface area contributed by atoms with Crippen molar-refractivity contribution in [3.63, 3.8) is 0 Å². The van der Waals surface area contributed by atoms with Gasteiger partial charge in [-0.15, -0.1) is 10.2 Å². The van der Waals surface area contributed by atoms with Crippen LogP contribution in [0.15, 0.2) is 77.8 Å². The Morgan fingerprint density at radius 3 is 1.92 bits per heavy atom.